The highest BCUT2D eigenvalue weighted by Gasteiger charge is 2.18. The fourth-order valence-electron chi connectivity index (χ4n) is 1.47. The monoisotopic (exact) mass is 298 g/mol. The Hall–Kier alpha value is -1.75. The second-order valence-corrected chi connectivity index (χ2v) is 4.84. The molecule has 110 valence electrons. The Morgan fingerprint density at radius 3 is 2.75 bits per heavy atom. The Bertz CT molecular complexity index is 491. The van der Waals surface area contributed by atoms with Crippen LogP contribution in [-0.4, -0.2) is 24.5 Å². The second kappa shape index (κ2) is 7.75. The van der Waals surface area contributed by atoms with Gasteiger partial charge in [0.15, 0.2) is 6.10 Å². The molecule has 0 saturated carbocycles. The average molecular weight is 299 g/mol. The van der Waals surface area contributed by atoms with Crippen LogP contribution < -0.4 is 11.1 Å². The largest absolute Gasteiger partial charge is 0.449 e. The molecule has 20 heavy (non-hydrogen) atoms. The van der Waals surface area contributed by atoms with E-state index in [9.17, 15) is 9.59 Å². The van der Waals surface area contributed by atoms with Crippen LogP contribution in [0.15, 0.2) is 18.2 Å². The zero-order valence-corrected chi connectivity index (χ0v) is 12.4. The molecule has 6 heteroatoms. The van der Waals surface area contributed by atoms with E-state index >= 15 is 0 Å². The van der Waals surface area contributed by atoms with Crippen LogP contribution in [0.2, 0.25) is 5.02 Å². The van der Waals surface area contributed by atoms with Crippen LogP contribution in [0.25, 0.3) is 0 Å². The molecule has 0 aliphatic carbocycles. The van der Waals surface area contributed by atoms with Crippen LogP contribution in [0.1, 0.15) is 37.0 Å². The number of rotatable bonds is 6. The summed E-state index contributed by atoms with van der Waals surface area (Å²) in [5, 5.41) is 2.98. The Morgan fingerprint density at radius 1 is 1.45 bits per heavy atom. The first-order valence-electron chi connectivity index (χ1n) is 6.49. The molecule has 0 aliphatic rings. The first-order chi connectivity index (χ1) is 9.45. The molecule has 1 rings (SSSR count). The van der Waals surface area contributed by atoms with Gasteiger partial charge < -0.3 is 15.8 Å². The maximum atomic E-state index is 11.9. The fourth-order valence-corrected chi connectivity index (χ4v) is 1.65. The SMILES string of the molecule is CCCCNC(=O)C(C)OC(=O)c1ccc(N)c(Cl)c1. The number of hydrogen-bond donors (Lipinski definition) is 2. The minimum atomic E-state index is -0.851. The number of hydrogen-bond acceptors (Lipinski definition) is 4. The summed E-state index contributed by atoms with van der Waals surface area (Å²) in [5.41, 5.74) is 6.20. The molecule has 1 amide bonds. The molecule has 0 spiro atoms. The molecular weight excluding hydrogens is 280 g/mol. The first-order valence-corrected chi connectivity index (χ1v) is 6.87. The number of carbonyl (C=O) groups is 2. The lowest BCUT2D eigenvalue weighted by Crippen LogP contribution is -2.36. The van der Waals surface area contributed by atoms with Gasteiger partial charge in [-0.05, 0) is 31.5 Å². The number of ether oxygens (including phenoxy) is 1. The van der Waals surface area contributed by atoms with E-state index in [1.165, 1.54) is 25.1 Å². The molecule has 1 atom stereocenters. The van der Waals surface area contributed by atoms with Crippen LogP contribution >= 0.6 is 11.6 Å². The van der Waals surface area contributed by atoms with E-state index in [1.54, 1.807) is 0 Å². The maximum absolute atomic E-state index is 11.9. The summed E-state index contributed by atoms with van der Waals surface area (Å²) in [7, 11) is 0. The predicted octanol–water partition coefficient (Wildman–Crippen LogP) is 2.38. The molecule has 1 aromatic carbocycles. The van der Waals surface area contributed by atoms with Crippen molar-refractivity contribution in [1.29, 1.82) is 0 Å². The van der Waals surface area contributed by atoms with Gasteiger partial charge in [0.25, 0.3) is 5.91 Å². The highest BCUT2D eigenvalue weighted by Crippen LogP contribution is 2.20. The number of nitrogens with two attached hydrogens (primary N) is 1. The van der Waals surface area contributed by atoms with Gasteiger partial charge in [0, 0.05) is 6.54 Å². The number of nitrogens with one attached hydrogen (secondary N) is 1. The van der Waals surface area contributed by atoms with Crippen molar-refractivity contribution in [3.8, 4) is 0 Å². The van der Waals surface area contributed by atoms with E-state index in [4.69, 9.17) is 22.1 Å². The van der Waals surface area contributed by atoms with Gasteiger partial charge in [-0.1, -0.05) is 24.9 Å². The summed E-state index contributed by atoms with van der Waals surface area (Å²) in [4.78, 5) is 23.5. The summed E-state index contributed by atoms with van der Waals surface area (Å²) in [6, 6.07) is 4.44. The van der Waals surface area contributed by atoms with Crippen molar-refractivity contribution in [2.24, 2.45) is 0 Å². The smallest absolute Gasteiger partial charge is 0.338 e. The van der Waals surface area contributed by atoms with Crippen LogP contribution in [0.5, 0.6) is 0 Å². The zero-order chi connectivity index (χ0) is 15.1. The Labute approximate surface area is 123 Å². The summed E-state index contributed by atoms with van der Waals surface area (Å²) in [5.74, 6) is -0.918. The van der Waals surface area contributed by atoms with Crippen LogP contribution in [0.3, 0.4) is 0 Å². The predicted molar refractivity (Wildman–Crippen MR) is 78.7 cm³/mol. The van der Waals surface area contributed by atoms with Gasteiger partial charge in [-0.15, -0.1) is 0 Å². The van der Waals surface area contributed by atoms with E-state index in [0.717, 1.165) is 12.8 Å². The van der Waals surface area contributed by atoms with Gasteiger partial charge in [0.2, 0.25) is 0 Å². The number of halogens is 1. The molecule has 0 saturated heterocycles. The van der Waals surface area contributed by atoms with Gasteiger partial charge in [-0.25, -0.2) is 4.79 Å². The number of benzene rings is 1. The molecule has 5 nitrogen and oxygen atoms in total. The molecule has 3 N–H and O–H groups in total. The molecule has 0 bridgehead atoms. The molecule has 0 fully saturated rings. The maximum Gasteiger partial charge on any atom is 0.338 e. The number of nitrogen functional groups attached to an aromatic ring is 1. The van der Waals surface area contributed by atoms with Crippen molar-refractivity contribution in [1.82, 2.24) is 5.32 Å². The molecule has 1 aromatic rings. The van der Waals surface area contributed by atoms with Crippen LogP contribution in [0.4, 0.5) is 5.69 Å². The minimum absolute atomic E-state index is 0.261. The topological polar surface area (TPSA) is 81.4 Å². The Morgan fingerprint density at radius 2 is 2.15 bits per heavy atom. The quantitative estimate of drug-likeness (QED) is 0.480. The first kappa shape index (κ1) is 16.3. The lowest BCUT2D eigenvalue weighted by Gasteiger charge is -2.13. The highest BCUT2D eigenvalue weighted by molar-refractivity contribution is 6.33. The van der Waals surface area contributed by atoms with Crippen molar-refractivity contribution in [3.63, 3.8) is 0 Å². The van der Waals surface area contributed by atoms with Crippen LogP contribution in [-0.2, 0) is 9.53 Å². The molecule has 0 aromatic heterocycles. The summed E-state index contributed by atoms with van der Waals surface area (Å²) in [6.45, 7) is 4.13. The molecule has 1 unspecified atom stereocenters. The molecule has 0 heterocycles. The van der Waals surface area contributed by atoms with Gasteiger partial charge in [0.1, 0.15) is 0 Å². The van der Waals surface area contributed by atoms with E-state index in [1.807, 2.05) is 6.92 Å². The summed E-state index contributed by atoms with van der Waals surface area (Å²) >= 11 is 5.83. The number of esters is 1. The number of carbonyl (C=O) groups excluding carboxylic acids is 2. The molecular formula is C14H19ClN2O3. The number of anilines is 1. The minimum Gasteiger partial charge on any atom is -0.449 e. The molecule has 0 aliphatic heterocycles. The second-order valence-electron chi connectivity index (χ2n) is 4.43. The zero-order valence-electron chi connectivity index (χ0n) is 11.6. The average Bonchev–Trinajstić information content (AvgIpc) is 2.41. The van der Waals surface area contributed by atoms with Crippen molar-refractivity contribution in [2.75, 3.05) is 12.3 Å². The van der Waals surface area contributed by atoms with Gasteiger partial charge >= 0.3 is 5.97 Å². The number of unbranched alkanes of at least 4 members (excludes halogenated alkanes) is 1. The van der Waals surface area contributed by atoms with Crippen molar-refractivity contribution in [2.45, 2.75) is 32.8 Å². The van der Waals surface area contributed by atoms with E-state index < -0.39 is 12.1 Å². The van der Waals surface area contributed by atoms with E-state index in [-0.39, 0.29) is 16.5 Å². The lowest BCUT2D eigenvalue weighted by molar-refractivity contribution is -0.129. The highest BCUT2D eigenvalue weighted by atomic mass is 35.5. The lowest BCUT2D eigenvalue weighted by atomic mass is 10.2. The summed E-state index contributed by atoms with van der Waals surface area (Å²) in [6.07, 6.45) is 1.02. The normalized spacial score (nSPS) is 11.8. The molecule has 0 radical (unpaired) electrons. The van der Waals surface area contributed by atoms with Gasteiger partial charge in [-0.2, -0.15) is 0 Å². The van der Waals surface area contributed by atoms with E-state index in [2.05, 4.69) is 5.32 Å². The Balaban J connectivity index is 2.56. The fraction of sp³-hybridized carbons (Fsp3) is 0.429. The third kappa shape index (κ3) is 4.74. The standard InChI is InChI=1S/C14H19ClN2O3/c1-3-4-7-17-13(18)9(2)20-14(19)10-5-6-12(16)11(15)8-10/h5-6,8-9H,3-4,7,16H2,1-2H3,(H,17,18). The van der Waals surface area contributed by atoms with Gasteiger partial charge in [0.05, 0.1) is 16.3 Å². The Kier molecular flexibility index (Phi) is 6.31. The van der Waals surface area contributed by atoms with Crippen molar-refractivity contribution >= 4 is 29.2 Å². The van der Waals surface area contributed by atoms with E-state index in [0.29, 0.717) is 12.2 Å². The third-order valence-corrected chi connectivity index (χ3v) is 3.05. The van der Waals surface area contributed by atoms with Gasteiger partial charge in [-0.3, -0.25) is 4.79 Å². The van der Waals surface area contributed by atoms with Crippen LogP contribution in [0, 0.1) is 0 Å². The summed E-state index contributed by atoms with van der Waals surface area (Å²) < 4.78 is 5.07. The van der Waals surface area contributed by atoms with Crippen molar-refractivity contribution in [3.05, 3.63) is 28.8 Å². The van der Waals surface area contributed by atoms with Crippen molar-refractivity contribution < 1.29 is 14.3 Å². The third-order valence-electron chi connectivity index (χ3n) is 2.72. The number of amides is 1.